The molecule has 0 spiro atoms. The first kappa shape index (κ1) is 13.6. The van der Waals surface area contributed by atoms with Crippen LogP contribution in [-0.4, -0.2) is 29.2 Å². The SMILES string of the molecule is O=C(CN1C(=O)C(Cl)=C(Cl)C1=O)Nc1ccccc1. The van der Waals surface area contributed by atoms with Crippen LogP contribution in [0.5, 0.6) is 0 Å². The molecule has 0 fully saturated rings. The number of benzene rings is 1. The number of carbonyl (C=O) groups excluding carboxylic acids is 3. The molecule has 1 N–H and O–H groups in total. The fourth-order valence-electron chi connectivity index (χ4n) is 1.53. The summed E-state index contributed by atoms with van der Waals surface area (Å²) in [6.45, 7) is -0.432. The summed E-state index contributed by atoms with van der Waals surface area (Å²) < 4.78 is 0. The maximum atomic E-state index is 11.7. The highest BCUT2D eigenvalue weighted by Crippen LogP contribution is 2.26. The summed E-state index contributed by atoms with van der Waals surface area (Å²) in [6.07, 6.45) is 0. The summed E-state index contributed by atoms with van der Waals surface area (Å²) in [5.41, 5.74) is 0.566. The molecular weight excluding hydrogens is 291 g/mol. The van der Waals surface area contributed by atoms with E-state index < -0.39 is 24.3 Å². The fraction of sp³-hybridized carbons (Fsp3) is 0.0833. The van der Waals surface area contributed by atoms with Gasteiger partial charge < -0.3 is 5.32 Å². The Bertz CT molecular complexity index is 560. The normalized spacial score (nSPS) is 15.2. The van der Waals surface area contributed by atoms with Crippen molar-refractivity contribution in [1.29, 1.82) is 0 Å². The maximum absolute atomic E-state index is 11.7. The van der Waals surface area contributed by atoms with E-state index >= 15 is 0 Å². The number of anilines is 1. The third-order valence-corrected chi connectivity index (χ3v) is 3.22. The van der Waals surface area contributed by atoms with Gasteiger partial charge in [-0.2, -0.15) is 0 Å². The average molecular weight is 299 g/mol. The van der Waals surface area contributed by atoms with E-state index in [4.69, 9.17) is 23.2 Å². The Morgan fingerprint density at radius 2 is 1.58 bits per heavy atom. The van der Waals surface area contributed by atoms with Crippen LogP contribution in [0.2, 0.25) is 0 Å². The summed E-state index contributed by atoms with van der Waals surface area (Å²) in [7, 11) is 0. The Kier molecular flexibility index (Phi) is 3.87. The first-order valence-electron chi connectivity index (χ1n) is 5.27. The summed E-state index contributed by atoms with van der Waals surface area (Å²) in [6, 6.07) is 8.66. The molecule has 1 aromatic carbocycles. The predicted octanol–water partition coefficient (Wildman–Crippen LogP) is 1.68. The summed E-state index contributed by atoms with van der Waals surface area (Å²) in [5, 5.41) is 1.83. The second kappa shape index (κ2) is 5.42. The third kappa shape index (κ3) is 2.77. The minimum Gasteiger partial charge on any atom is -0.325 e. The molecule has 1 aromatic rings. The molecule has 0 unspecified atom stereocenters. The summed E-state index contributed by atoms with van der Waals surface area (Å²) >= 11 is 11.1. The van der Waals surface area contributed by atoms with Crippen LogP contribution in [0.4, 0.5) is 5.69 Å². The number of halogens is 2. The Morgan fingerprint density at radius 1 is 1.05 bits per heavy atom. The maximum Gasteiger partial charge on any atom is 0.274 e. The monoisotopic (exact) mass is 298 g/mol. The van der Waals surface area contributed by atoms with Crippen LogP contribution in [0.1, 0.15) is 0 Å². The summed E-state index contributed by atoms with van der Waals surface area (Å²) in [5.74, 6) is -2.04. The molecule has 0 atom stereocenters. The highest BCUT2D eigenvalue weighted by molar-refractivity contribution is 6.58. The van der Waals surface area contributed by atoms with E-state index in [1.807, 2.05) is 0 Å². The number of rotatable bonds is 3. The van der Waals surface area contributed by atoms with Crippen molar-refractivity contribution in [3.8, 4) is 0 Å². The van der Waals surface area contributed by atoms with E-state index in [-0.39, 0.29) is 10.1 Å². The number of imide groups is 1. The van der Waals surface area contributed by atoms with Gasteiger partial charge in [-0.1, -0.05) is 41.4 Å². The molecule has 0 saturated carbocycles. The lowest BCUT2D eigenvalue weighted by atomic mass is 10.3. The zero-order chi connectivity index (χ0) is 14.0. The van der Waals surface area contributed by atoms with Gasteiger partial charge in [0.1, 0.15) is 16.6 Å². The minimum absolute atomic E-state index is 0.362. The molecule has 1 heterocycles. The predicted molar refractivity (Wildman–Crippen MR) is 70.5 cm³/mol. The Labute approximate surface area is 118 Å². The van der Waals surface area contributed by atoms with Gasteiger partial charge in [-0.25, -0.2) is 0 Å². The van der Waals surface area contributed by atoms with E-state index in [1.165, 1.54) is 0 Å². The van der Waals surface area contributed by atoms with Crippen LogP contribution in [0.3, 0.4) is 0 Å². The van der Waals surface area contributed by atoms with Gasteiger partial charge in [0, 0.05) is 5.69 Å². The summed E-state index contributed by atoms with van der Waals surface area (Å²) in [4.78, 5) is 35.5. The van der Waals surface area contributed by atoms with Gasteiger partial charge in [-0.3, -0.25) is 19.3 Å². The quantitative estimate of drug-likeness (QED) is 0.864. The van der Waals surface area contributed by atoms with Crippen LogP contribution in [-0.2, 0) is 14.4 Å². The van der Waals surface area contributed by atoms with Gasteiger partial charge in [0.25, 0.3) is 11.8 Å². The zero-order valence-electron chi connectivity index (χ0n) is 9.52. The van der Waals surface area contributed by atoms with Gasteiger partial charge in [0.15, 0.2) is 0 Å². The zero-order valence-corrected chi connectivity index (χ0v) is 11.0. The van der Waals surface area contributed by atoms with Crippen LogP contribution in [0.15, 0.2) is 40.4 Å². The standard InChI is InChI=1S/C12H8Cl2N2O3/c13-9-10(14)12(19)16(11(9)18)6-8(17)15-7-4-2-1-3-5-7/h1-5H,6H2,(H,15,17). The molecule has 98 valence electrons. The van der Waals surface area contributed by atoms with Gasteiger partial charge in [0.05, 0.1) is 0 Å². The number of nitrogens with zero attached hydrogens (tertiary/aromatic N) is 1. The molecule has 3 amide bonds. The van der Waals surface area contributed by atoms with Crippen molar-refractivity contribution in [3.63, 3.8) is 0 Å². The number of hydrogen-bond donors (Lipinski definition) is 1. The first-order valence-corrected chi connectivity index (χ1v) is 6.02. The fourth-order valence-corrected chi connectivity index (χ4v) is 1.89. The molecule has 0 saturated heterocycles. The van der Waals surface area contributed by atoms with Crippen molar-refractivity contribution >= 4 is 46.6 Å². The minimum atomic E-state index is -0.764. The largest absolute Gasteiger partial charge is 0.325 e. The first-order chi connectivity index (χ1) is 9.00. The van der Waals surface area contributed by atoms with E-state index in [9.17, 15) is 14.4 Å². The van der Waals surface area contributed by atoms with Gasteiger partial charge in [0.2, 0.25) is 5.91 Å². The number of nitrogens with one attached hydrogen (secondary N) is 1. The number of hydrogen-bond acceptors (Lipinski definition) is 3. The third-order valence-electron chi connectivity index (χ3n) is 2.42. The highest BCUT2D eigenvalue weighted by atomic mass is 35.5. The number of carbonyl (C=O) groups is 3. The molecule has 0 aromatic heterocycles. The van der Waals surface area contributed by atoms with E-state index in [0.717, 1.165) is 0 Å². The number of para-hydroxylation sites is 1. The van der Waals surface area contributed by atoms with E-state index in [0.29, 0.717) is 10.6 Å². The van der Waals surface area contributed by atoms with Crippen molar-refractivity contribution in [1.82, 2.24) is 4.90 Å². The van der Waals surface area contributed by atoms with Crippen molar-refractivity contribution in [2.45, 2.75) is 0 Å². The van der Waals surface area contributed by atoms with Gasteiger partial charge in [-0.05, 0) is 12.1 Å². The molecule has 1 aliphatic heterocycles. The molecule has 0 radical (unpaired) electrons. The highest BCUT2D eigenvalue weighted by Gasteiger charge is 2.37. The van der Waals surface area contributed by atoms with Crippen LogP contribution in [0.25, 0.3) is 0 Å². The van der Waals surface area contributed by atoms with Gasteiger partial charge >= 0.3 is 0 Å². The molecule has 5 nitrogen and oxygen atoms in total. The smallest absolute Gasteiger partial charge is 0.274 e. The Morgan fingerprint density at radius 3 is 2.11 bits per heavy atom. The van der Waals surface area contributed by atoms with Crippen molar-refractivity contribution in [3.05, 3.63) is 40.4 Å². The second-order valence-corrected chi connectivity index (χ2v) is 4.49. The molecule has 19 heavy (non-hydrogen) atoms. The lowest BCUT2D eigenvalue weighted by Crippen LogP contribution is -2.38. The molecule has 0 bridgehead atoms. The lowest BCUT2D eigenvalue weighted by molar-refractivity contribution is -0.140. The van der Waals surface area contributed by atoms with E-state index in [2.05, 4.69) is 5.32 Å². The molecule has 7 heteroatoms. The van der Waals surface area contributed by atoms with Crippen LogP contribution < -0.4 is 5.32 Å². The van der Waals surface area contributed by atoms with Crippen molar-refractivity contribution in [2.24, 2.45) is 0 Å². The second-order valence-electron chi connectivity index (χ2n) is 3.74. The molecule has 0 aliphatic carbocycles. The van der Waals surface area contributed by atoms with E-state index in [1.54, 1.807) is 30.3 Å². The topological polar surface area (TPSA) is 66.5 Å². The molecule has 1 aliphatic rings. The average Bonchev–Trinajstić information content (AvgIpc) is 2.58. The van der Waals surface area contributed by atoms with Crippen molar-refractivity contribution < 1.29 is 14.4 Å². The van der Waals surface area contributed by atoms with Crippen molar-refractivity contribution in [2.75, 3.05) is 11.9 Å². The van der Waals surface area contributed by atoms with Crippen LogP contribution in [0, 0.1) is 0 Å². The Balaban J connectivity index is 2.02. The number of amides is 3. The van der Waals surface area contributed by atoms with Crippen LogP contribution >= 0.6 is 23.2 Å². The molecular formula is C12H8Cl2N2O3. The Hall–Kier alpha value is -1.85. The molecule has 2 rings (SSSR count). The lowest BCUT2D eigenvalue weighted by Gasteiger charge is -2.13. The van der Waals surface area contributed by atoms with Gasteiger partial charge in [-0.15, -0.1) is 0 Å².